The molecular formula is C17H9F6NO2S. The number of aliphatic hydroxyl groups is 1. The van der Waals surface area contributed by atoms with Crippen LogP contribution in [0.25, 0.3) is 0 Å². The average Bonchev–Trinajstić information content (AvgIpc) is 2.81. The van der Waals surface area contributed by atoms with Crippen molar-refractivity contribution in [1.29, 1.82) is 5.26 Å². The van der Waals surface area contributed by atoms with Gasteiger partial charge < -0.3 is 9.84 Å². The summed E-state index contributed by atoms with van der Waals surface area (Å²) in [5.41, 5.74) is -5.90. The normalized spacial score (nSPS) is 18.1. The van der Waals surface area contributed by atoms with Crippen LogP contribution in [-0.2, 0) is 6.42 Å². The summed E-state index contributed by atoms with van der Waals surface area (Å²) in [4.78, 5) is -0.550. The smallest absolute Gasteiger partial charge is 0.446 e. The number of nitrogens with zero attached hydrogens (tertiary/aromatic N) is 1. The van der Waals surface area contributed by atoms with Gasteiger partial charge >= 0.3 is 5.51 Å². The molecule has 0 heterocycles. The van der Waals surface area contributed by atoms with E-state index >= 15 is 0 Å². The molecule has 3 nitrogen and oxygen atoms in total. The molecule has 2 aromatic carbocycles. The molecule has 0 aromatic heterocycles. The number of nitriles is 1. The van der Waals surface area contributed by atoms with Crippen LogP contribution >= 0.6 is 11.8 Å². The Morgan fingerprint density at radius 1 is 1.22 bits per heavy atom. The topological polar surface area (TPSA) is 53.2 Å². The third-order valence-electron chi connectivity index (χ3n) is 3.87. The second-order valence-electron chi connectivity index (χ2n) is 5.70. The van der Waals surface area contributed by atoms with Crippen LogP contribution in [0.2, 0.25) is 0 Å². The Hall–Kier alpha value is -2.38. The van der Waals surface area contributed by atoms with E-state index in [1.165, 1.54) is 0 Å². The lowest BCUT2D eigenvalue weighted by Crippen LogP contribution is -2.21. The van der Waals surface area contributed by atoms with E-state index in [9.17, 15) is 31.4 Å². The zero-order valence-corrected chi connectivity index (χ0v) is 14.0. The Bertz CT molecular complexity index is 938. The lowest BCUT2D eigenvalue weighted by atomic mass is 10.1. The Morgan fingerprint density at radius 2 is 1.93 bits per heavy atom. The first kappa shape index (κ1) is 19.4. The van der Waals surface area contributed by atoms with Crippen LogP contribution in [0.4, 0.5) is 26.3 Å². The molecule has 0 bridgehead atoms. The number of ether oxygens (including phenoxy) is 1. The molecule has 1 aliphatic rings. The Labute approximate surface area is 153 Å². The van der Waals surface area contributed by atoms with E-state index in [1.54, 1.807) is 6.07 Å². The number of benzene rings is 2. The van der Waals surface area contributed by atoms with Gasteiger partial charge in [-0.2, -0.15) is 18.4 Å². The van der Waals surface area contributed by atoms with Gasteiger partial charge in [0.05, 0.1) is 5.56 Å². The minimum Gasteiger partial charge on any atom is -0.457 e. The van der Waals surface area contributed by atoms with E-state index in [0.29, 0.717) is 0 Å². The highest BCUT2D eigenvalue weighted by Crippen LogP contribution is 2.52. The van der Waals surface area contributed by atoms with E-state index in [4.69, 9.17) is 10.00 Å². The first-order valence-corrected chi connectivity index (χ1v) is 8.18. The predicted octanol–water partition coefficient (Wildman–Crippen LogP) is 5.33. The van der Waals surface area contributed by atoms with E-state index in [1.807, 2.05) is 0 Å². The van der Waals surface area contributed by atoms with Crippen molar-refractivity contribution in [2.45, 2.75) is 28.9 Å². The summed E-state index contributed by atoms with van der Waals surface area (Å²) in [6.45, 7) is 0. The summed E-state index contributed by atoms with van der Waals surface area (Å²) in [6.07, 6.45) is -3.43. The highest BCUT2D eigenvalue weighted by Gasteiger charge is 2.50. The number of hydrogen-bond acceptors (Lipinski definition) is 4. The number of fused-ring (bicyclic) bond motifs is 1. The lowest BCUT2D eigenvalue weighted by molar-refractivity contribution is -0.0977. The van der Waals surface area contributed by atoms with Gasteiger partial charge in [-0.15, -0.1) is 0 Å². The van der Waals surface area contributed by atoms with Gasteiger partial charge in [-0.25, -0.2) is 13.2 Å². The predicted molar refractivity (Wildman–Crippen MR) is 83.2 cm³/mol. The van der Waals surface area contributed by atoms with Crippen LogP contribution in [0.15, 0.2) is 35.2 Å². The molecule has 0 saturated heterocycles. The van der Waals surface area contributed by atoms with Crippen LogP contribution in [-0.4, -0.2) is 16.5 Å². The van der Waals surface area contributed by atoms with Gasteiger partial charge in [0.2, 0.25) is 0 Å². The standard InChI is InChI=1S/C17H9F6NO2S/c18-11-2-1-9(5-8(11)7-24)26-12-3-4-13(27-17(21,22)23)14-10(12)6-16(19,20)15(14)25/h1-5,15,25H,6H2. The number of hydrogen-bond donors (Lipinski definition) is 1. The van der Waals surface area contributed by atoms with Gasteiger partial charge in [0.1, 0.15) is 29.5 Å². The van der Waals surface area contributed by atoms with E-state index < -0.39 is 52.0 Å². The van der Waals surface area contributed by atoms with Crippen molar-refractivity contribution in [2.75, 3.05) is 0 Å². The molecule has 1 atom stereocenters. The third kappa shape index (κ3) is 3.84. The van der Waals surface area contributed by atoms with Crippen LogP contribution in [0.3, 0.4) is 0 Å². The summed E-state index contributed by atoms with van der Waals surface area (Å²) >= 11 is -0.608. The zero-order valence-electron chi connectivity index (χ0n) is 13.1. The maximum atomic E-state index is 13.9. The van der Waals surface area contributed by atoms with E-state index in [2.05, 4.69) is 0 Å². The van der Waals surface area contributed by atoms with Crippen molar-refractivity contribution in [2.24, 2.45) is 0 Å². The summed E-state index contributed by atoms with van der Waals surface area (Å²) in [5.74, 6) is -4.74. The molecule has 0 radical (unpaired) electrons. The number of alkyl halides is 5. The highest BCUT2D eigenvalue weighted by molar-refractivity contribution is 8.00. The molecule has 0 fully saturated rings. The molecule has 0 amide bonds. The average molecular weight is 405 g/mol. The number of halogens is 6. The third-order valence-corrected chi connectivity index (χ3v) is 4.68. The van der Waals surface area contributed by atoms with Gasteiger partial charge in [-0.05, 0) is 36.0 Å². The second kappa shape index (κ2) is 6.65. The van der Waals surface area contributed by atoms with Crippen LogP contribution in [0, 0.1) is 17.1 Å². The highest BCUT2D eigenvalue weighted by atomic mass is 32.2. The zero-order chi connectivity index (χ0) is 20.0. The fraction of sp³-hybridized carbons (Fsp3) is 0.235. The molecule has 10 heteroatoms. The van der Waals surface area contributed by atoms with Gasteiger partial charge in [-0.1, -0.05) is 0 Å². The van der Waals surface area contributed by atoms with Crippen LogP contribution in [0.1, 0.15) is 22.8 Å². The summed E-state index contributed by atoms with van der Waals surface area (Å²) in [6, 6.07) is 6.68. The van der Waals surface area contributed by atoms with Crippen LogP contribution < -0.4 is 4.74 Å². The van der Waals surface area contributed by atoms with Crippen molar-refractivity contribution in [3.63, 3.8) is 0 Å². The lowest BCUT2D eigenvalue weighted by Gasteiger charge is -2.17. The molecular weight excluding hydrogens is 396 g/mol. The van der Waals surface area contributed by atoms with Gasteiger partial charge in [0, 0.05) is 28.5 Å². The van der Waals surface area contributed by atoms with Crippen molar-refractivity contribution in [3.8, 4) is 17.6 Å². The molecule has 1 aliphatic carbocycles. The fourth-order valence-corrected chi connectivity index (χ4v) is 3.47. The monoisotopic (exact) mass is 405 g/mol. The molecule has 1 N–H and O–H groups in total. The van der Waals surface area contributed by atoms with E-state index in [0.717, 1.165) is 30.3 Å². The largest absolute Gasteiger partial charge is 0.457 e. The maximum Gasteiger partial charge on any atom is 0.446 e. The minimum atomic E-state index is -4.73. The SMILES string of the molecule is N#Cc1cc(Oc2ccc(SC(F)(F)F)c3c2CC(F)(F)C3O)ccc1F. The molecule has 2 aromatic rings. The molecule has 1 unspecified atom stereocenters. The summed E-state index contributed by atoms with van der Waals surface area (Å²) in [5, 5.41) is 18.6. The Balaban J connectivity index is 2.05. The van der Waals surface area contributed by atoms with Gasteiger partial charge in [0.25, 0.3) is 5.92 Å². The fourth-order valence-electron chi connectivity index (χ4n) is 2.74. The molecule has 3 rings (SSSR count). The Morgan fingerprint density at radius 3 is 2.56 bits per heavy atom. The minimum absolute atomic E-state index is 0.0592. The molecule has 0 aliphatic heterocycles. The first-order valence-electron chi connectivity index (χ1n) is 7.37. The quantitative estimate of drug-likeness (QED) is 0.554. The summed E-state index contributed by atoms with van der Waals surface area (Å²) in [7, 11) is 0. The van der Waals surface area contributed by atoms with Crippen molar-refractivity contribution in [3.05, 3.63) is 52.8 Å². The van der Waals surface area contributed by atoms with E-state index in [-0.39, 0.29) is 22.6 Å². The van der Waals surface area contributed by atoms with Crippen molar-refractivity contribution >= 4 is 11.8 Å². The first-order chi connectivity index (χ1) is 12.5. The number of aliphatic hydroxyl groups excluding tert-OH is 1. The second-order valence-corrected chi connectivity index (χ2v) is 6.80. The Kier molecular flexibility index (Phi) is 4.78. The molecule has 142 valence electrons. The van der Waals surface area contributed by atoms with Crippen molar-refractivity contribution in [1.82, 2.24) is 0 Å². The molecule has 0 spiro atoms. The van der Waals surface area contributed by atoms with Crippen molar-refractivity contribution < 1.29 is 36.2 Å². The number of rotatable bonds is 3. The van der Waals surface area contributed by atoms with Crippen LogP contribution in [0.5, 0.6) is 11.5 Å². The van der Waals surface area contributed by atoms with Gasteiger partial charge in [-0.3, -0.25) is 0 Å². The maximum absolute atomic E-state index is 13.9. The molecule has 27 heavy (non-hydrogen) atoms. The van der Waals surface area contributed by atoms with Gasteiger partial charge in [0.15, 0.2) is 0 Å². The number of thioether (sulfide) groups is 1. The molecule has 0 saturated carbocycles. The summed E-state index contributed by atoms with van der Waals surface area (Å²) < 4.78 is 84.7.